The number of aliphatic hydroxyl groups is 4. The predicted molar refractivity (Wildman–Crippen MR) is 65.1 cm³/mol. The molecule has 6 heteroatoms. The summed E-state index contributed by atoms with van der Waals surface area (Å²) in [4.78, 5) is 0. The second kappa shape index (κ2) is 6.42. The molecule has 4 N–H and O–H groups in total. The molecule has 1 aliphatic heterocycles. The zero-order chi connectivity index (χ0) is 13.8. The Labute approximate surface area is 110 Å². The van der Waals surface area contributed by atoms with Gasteiger partial charge in [-0.25, -0.2) is 0 Å². The minimum absolute atomic E-state index is 0.0144. The minimum Gasteiger partial charge on any atom is -0.394 e. The van der Waals surface area contributed by atoms with Crippen molar-refractivity contribution in [3.63, 3.8) is 0 Å². The van der Waals surface area contributed by atoms with E-state index >= 15 is 0 Å². The van der Waals surface area contributed by atoms with E-state index in [-0.39, 0.29) is 6.61 Å². The second-order valence-corrected chi connectivity index (χ2v) is 4.48. The molecule has 1 aromatic carbocycles. The topological polar surface area (TPSA) is 99.4 Å². The zero-order valence-electron chi connectivity index (χ0n) is 10.3. The summed E-state index contributed by atoms with van der Waals surface area (Å²) in [7, 11) is 0. The molecule has 106 valence electrons. The van der Waals surface area contributed by atoms with E-state index in [4.69, 9.17) is 14.6 Å². The van der Waals surface area contributed by atoms with Crippen molar-refractivity contribution in [3.8, 4) is 0 Å². The Bertz CT molecular complexity index is 384. The first-order chi connectivity index (χ1) is 9.13. The van der Waals surface area contributed by atoms with Crippen LogP contribution in [0.4, 0.5) is 0 Å². The molecule has 1 fully saturated rings. The largest absolute Gasteiger partial charge is 0.394 e. The fraction of sp³-hybridized carbons (Fsp3) is 0.538. The smallest absolute Gasteiger partial charge is 0.184 e. The summed E-state index contributed by atoms with van der Waals surface area (Å²) in [5.41, 5.74) is 0.755. The normalized spacial score (nSPS) is 30.8. The van der Waals surface area contributed by atoms with Gasteiger partial charge in [-0.2, -0.15) is 0 Å². The number of aliphatic hydroxyl groups excluding tert-OH is 4. The molecule has 0 radical (unpaired) electrons. The minimum atomic E-state index is -1.38. The van der Waals surface area contributed by atoms with Crippen molar-refractivity contribution in [3.05, 3.63) is 35.9 Å². The molecule has 5 atom stereocenters. The first kappa shape index (κ1) is 14.4. The molecule has 19 heavy (non-hydrogen) atoms. The summed E-state index contributed by atoms with van der Waals surface area (Å²) in [6.45, 7) is -0.621. The van der Waals surface area contributed by atoms with Gasteiger partial charge in [-0.15, -0.1) is 0 Å². The molecule has 4 unspecified atom stereocenters. The van der Waals surface area contributed by atoms with Crippen LogP contribution in [0.5, 0.6) is 0 Å². The third kappa shape index (κ3) is 3.30. The lowest BCUT2D eigenvalue weighted by Crippen LogP contribution is -2.52. The Morgan fingerprint density at radius 3 is 2.53 bits per heavy atom. The Morgan fingerprint density at radius 1 is 1.21 bits per heavy atom. The number of hydrogen-bond donors (Lipinski definition) is 4. The second-order valence-electron chi connectivity index (χ2n) is 4.48. The summed E-state index contributed by atoms with van der Waals surface area (Å²) in [5.74, 6) is 0. The third-order valence-electron chi connectivity index (χ3n) is 3.07. The molecule has 1 aromatic rings. The maximum Gasteiger partial charge on any atom is 0.184 e. The van der Waals surface area contributed by atoms with E-state index in [1.165, 1.54) is 0 Å². The fourth-order valence-corrected chi connectivity index (χ4v) is 1.97. The molecule has 0 bridgehead atoms. The van der Waals surface area contributed by atoms with Gasteiger partial charge in [-0.05, 0) is 0 Å². The number of hydrogen-bond acceptors (Lipinski definition) is 6. The number of ether oxygens (including phenoxy) is 2. The summed E-state index contributed by atoms with van der Waals surface area (Å²) < 4.78 is 10.8. The number of rotatable bonds is 4. The van der Waals surface area contributed by atoms with Crippen molar-refractivity contribution < 1.29 is 29.9 Å². The number of benzene rings is 1. The van der Waals surface area contributed by atoms with Crippen LogP contribution in [-0.2, 0) is 9.47 Å². The molecule has 1 saturated heterocycles. The molecule has 2 rings (SSSR count). The maximum atomic E-state index is 9.83. The van der Waals surface area contributed by atoms with E-state index in [9.17, 15) is 15.3 Å². The van der Waals surface area contributed by atoms with Crippen molar-refractivity contribution in [1.82, 2.24) is 0 Å². The van der Waals surface area contributed by atoms with Crippen molar-refractivity contribution >= 4 is 0 Å². The van der Waals surface area contributed by atoms with Gasteiger partial charge in [0.05, 0.1) is 13.2 Å². The van der Waals surface area contributed by atoms with Crippen LogP contribution in [-0.4, -0.2) is 58.1 Å². The van der Waals surface area contributed by atoms with Crippen LogP contribution in [0.15, 0.2) is 30.3 Å². The standard InChI is InChI=1S/C13H18O6/c14-6-9(15)11(17)12-10(16)7-18-13(19-12)8-4-2-1-3-5-8/h1-5,9-17H,6-7H2/t9?,10?,11?,12?,13-/m1/s1. The van der Waals surface area contributed by atoms with Gasteiger partial charge < -0.3 is 29.9 Å². The van der Waals surface area contributed by atoms with E-state index < -0.39 is 37.3 Å². The van der Waals surface area contributed by atoms with E-state index in [0.29, 0.717) is 0 Å². The van der Waals surface area contributed by atoms with Crippen LogP contribution in [0.1, 0.15) is 11.9 Å². The van der Waals surface area contributed by atoms with E-state index in [1.807, 2.05) is 18.2 Å². The zero-order valence-corrected chi connectivity index (χ0v) is 10.3. The molecular formula is C13H18O6. The summed E-state index contributed by atoms with van der Waals surface area (Å²) in [6, 6.07) is 9.09. The van der Waals surface area contributed by atoms with Crippen LogP contribution in [0, 0.1) is 0 Å². The van der Waals surface area contributed by atoms with E-state index in [0.717, 1.165) is 5.56 Å². The molecule has 0 aliphatic carbocycles. The van der Waals surface area contributed by atoms with Crippen molar-refractivity contribution in [2.75, 3.05) is 13.2 Å². The Balaban J connectivity index is 2.08. The Kier molecular flexibility index (Phi) is 4.87. The average molecular weight is 270 g/mol. The van der Waals surface area contributed by atoms with Crippen LogP contribution >= 0.6 is 0 Å². The van der Waals surface area contributed by atoms with Gasteiger partial charge in [0.25, 0.3) is 0 Å². The molecule has 0 saturated carbocycles. The van der Waals surface area contributed by atoms with Gasteiger partial charge in [0.1, 0.15) is 24.4 Å². The Hall–Kier alpha value is -1.02. The highest BCUT2D eigenvalue weighted by atomic mass is 16.7. The van der Waals surface area contributed by atoms with Gasteiger partial charge in [-0.3, -0.25) is 0 Å². The lowest BCUT2D eigenvalue weighted by atomic mass is 10.0. The highest BCUT2D eigenvalue weighted by Crippen LogP contribution is 2.28. The fourth-order valence-electron chi connectivity index (χ4n) is 1.97. The van der Waals surface area contributed by atoms with Crippen molar-refractivity contribution in [2.24, 2.45) is 0 Å². The highest BCUT2D eigenvalue weighted by Gasteiger charge is 2.39. The lowest BCUT2D eigenvalue weighted by molar-refractivity contribution is -0.284. The van der Waals surface area contributed by atoms with Gasteiger partial charge >= 0.3 is 0 Å². The summed E-state index contributed by atoms with van der Waals surface area (Å²) in [5, 5.41) is 37.8. The molecule has 0 spiro atoms. The first-order valence-corrected chi connectivity index (χ1v) is 6.10. The van der Waals surface area contributed by atoms with Gasteiger partial charge in [0.2, 0.25) is 0 Å². The maximum absolute atomic E-state index is 9.83. The van der Waals surface area contributed by atoms with Gasteiger partial charge in [-0.1, -0.05) is 30.3 Å². The van der Waals surface area contributed by atoms with E-state index in [1.54, 1.807) is 12.1 Å². The highest BCUT2D eigenvalue weighted by molar-refractivity contribution is 5.16. The van der Waals surface area contributed by atoms with E-state index in [2.05, 4.69) is 0 Å². The summed E-state index contributed by atoms with van der Waals surface area (Å²) >= 11 is 0. The van der Waals surface area contributed by atoms with Crippen LogP contribution in [0.2, 0.25) is 0 Å². The van der Waals surface area contributed by atoms with Gasteiger partial charge in [0.15, 0.2) is 6.29 Å². The lowest BCUT2D eigenvalue weighted by Gasteiger charge is -2.37. The van der Waals surface area contributed by atoms with Crippen molar-refractivity contribution in [1.29, 1.82) is 0 Å². The van der Waals surface area contributed by atoms with Crippen LogP contribution in [0.3, 0.4) is 0 Å². The third-order valence-corrected chi connectivity index (χ3v) is 3.07. The molecule has 1 heterocycles. The summed E-state index contributed by atoms with van der Waals surface area (Å²) in [6.07, 6.45) is -5.53. The van der Waals surface area contributed by atoms with Crippen molar-refractivity contribution in [2.45, 2.75) is 30.7 Å². The average Bonchev–Trinajstić information content (AvgIpc) is 2.47. The molecule has 6 nitrogen and oxygen atoms in total. The monoisotopic (exact) mass is 270 g/mol. The predicted octanol–water partition coefficient (Wildman–Crippen LogP) is -0.824. The Morgan fingerprint density at radius 2 is 1.89 bits per heavy atom. The SMILES string of the molecule is OCC(O)C(O)C1O[C@H](c2ccccc2)OCC1O. The van der Waals surface area contributed by atoms with Gasteiger partial charge in [0, 0.05) is 5.56 Å². The molecule has 0 aromatic heterocycles. The quantitative estimate of drug-likeness (QED) is 0.570. The van der Waals surface area contributed by atoms with Crippen LogP contribution < -0.4 is 0 Å². The van der Waals surface area contributed by atoms with Crippen LogP contribution in [0.25, 0.3) is 0 Å². The molecular weight excluding hydrogens is 252 g/mol. The molecule has 0 amide bonds. The molecule has 1 aliphatic rings. The first-order valence-electron chi connectivity index (χ1n) is 6.10.